The van der Waals surface area contributed by atoms with Crippen molar-refractivity contribution in [3.63, 3.8) is 0 Å². The molecule has 0 saturated heterocycles. The van der Waals surface area contributed by atoms with Crippen molar-refractivity contribution in [3.8, 4) is 5.75 Å². The fourth-order valence-corrected chi connectivity index (χ4v) is 1.65. The predicted octanol–water partition coefficient (Wildman–Crippen LogP) is 3.48. The van der Waals surface area contributed by atoms with E-state index >= 15 is 0 Å². The Balaban J connectivity index is 2.00. The maximum absolute atomic E-state index is 5.70. The Labute approximate surface area is 108 Å². The molecule has 1 heterocycles. The molecule has 3 nitrogen and oxygen atoms in total. The maximum atomic E-state index is 5.70. The van der Waals surface area contributed by atoms with Crippen LogP contribution in [0.2, 0.25) is 0 Å². The van der Waals surface area contributed by atoms with E-state index in [2.05, 4.69) is 23.3 Å². The van der Waals surface area contributed by atoms with E-state index < -0.39 is 0 Å². The van der Waals surface area contributed by atoms with Gasteiger partial charge >= 0.3 is 0 Å². The lowest BCUT2D eigenvalue weighted by Gasteiger charge is -2.12. The van der Waals surface area contributed by atoms with E-state index in [9.17, 15) is 0 Å². The van der Waals surface area contributed by atoms with E-state index in [0.717, 1.165) is 36.6 Å². The number of hydrogen-bond donors (Lipinski definition) is 1. The molecule has 0 aliphatic carbocycles. The molecule has 0 aliphatic rings. The van der Waals surface area contributed by atoms with Crippen LogP contribution in [-0.2, 0) is 6.54 Å². The first-order valence-electron chi connectivity index (χ1n) is 6.24. The molecule has 0 aliphatic heterocycles. The van der Waals surface area contributed by atoms with Crippen LogP contribution in [0.15, 0.2) is 48.8 Å². The molecule has 1 N–H and O–H groups in total. The van der Waals surface area contributed by atoms with Crippen LogP contribution in [0.1, 0.15) is 18.9 Å². The number of rotatable bonds is 6. The zero-order valence-corrected chi connectivity index (χ0v) is 10.6. The van der Waals surface area contributed by atoms with E-state index in [-0.39, 0.29) is 0 Å². The summed E-state index contributed by atoms with van der Waals surface area (Å²) < 4.78 is 5.70. The van der Waals surface area contributed by atoms with Crippen LogP contribution in [0.4, 0.5) is 5.69 Å². The summed E-state index contributed by atoms with van der Waals surface area (Å²) >= 11 is 0. The summed E-state index contributed by atoms with van der Waals surface area (Å²) in [7, 11) is 0. The zero-order chi connectivity index (χ0) is 12.6. The number of ether oxygens (including phenoxy) is 1. The molecule has 2 aromatic rings. The summed E-state index contributed by atoms with van der Waals surface area (Å²) in [6.07, 6.45) is 4.65. The van der Waals surface area contributed by atoms with Gasteiger partial charge in [0.25, 0.3) is 0 Å². The molecule has 0 atom stereocenters. The Morgan fingerprint density at radius 2 is 2.06 bits per heavy atom. The Kier molecular flexibility index (Phi) is 4.59. The minimum absolute atomic E-state index is 0.742. The molecule has 0 bridgehead atoms. The maximum Gasteiger partial charge on any atom is 0.142 e. The highest BCUT2D eigenvalue weighted by atomic mass is 16.5. The normalized spacial score (nSPS) is 10.1. The molecule has 0 amide bonds. The minimum Gasteiger partial charge on any atom is -0.491 e. The predicted molar refractivity (Wildman–Crippen MR) is 73.8 cm³/mol. The van der Waals surface area contributed by atoms with Crippen molar-refractivity contribution in [2.24, 2.45) is 0 Å². The van der Waals surface area contributed by atoms with Gasteiger partial charge in [0, 0.05) is 18.9 Å². The third kappa shape index (κ3) is 3.48. The van der Waals surface area contributed by atoms with Crippen LogP contribution in [0.3, 0.4) is 0 Å². The molecule has 1 aromatic heterocycles. The average molecular weight is 242 g/mol. The first-order valence-corrected chi connectivity index (χ1v) is 6.24. The van der Waals surface area contributed by atoms with Gasteiger partial charge in [0.1, 0.15) is 5.75 Å². The van der Waals surface area contributed by atoms with Crippen LogP contribution in [0.25, 0.3) is 0 Å². The van der Waals surface area contributed by atoms with Gasteiger partial charge in [-0.2, -0.15) is 0 Å². The van der Waals surface area contributed by atoms with E-state index in [1.807, 2.05) is 36.5 Å². The second-order valence-electron chi connectivity index (χ2n) is 4.06. The van der Waals surface area contributed by atoms with Crippen LogP contribution in [-0.4, -0.2) is 11.6 Å². The number of benzene rings is 1. The lowest BCUT2D eigenvalue weighted by atomic mass is 10.2. The summed E-state index contributed by atoms with van der Waals surface area (Å²) in [4.78, 5) is 4.10. The van der Waals surface area contributed by atoms with Crippen molar-refractivity contribution in [1.29, 1.82) is 0 Å². The largest absolute Gasteiger partial charge is 0.491 e. The third-order valence-corrected chi connectivity index (χ3v) is 2.55. The Morgan fingerprint density at radius 3 is 2.83 bits per heavy atom. The summed E-state index contributed by atoms with van der Waals surface area (Å²) in [6.45, 7) is 3.59. The van der Waals surface area contributed by atoms with Crippen molar-refractivity contribution in [3.05, 3.63) is 54.4 Å². The standard InChI is InChI=1S/C15H18N2O/c1-2-10-18-15-8-4-3-7-14(15)17-12-13-6-5-9-16-11-13/h3-9,11,17H,2,10,12H2,1H3. The number of nitrogens with one attached hydrogen (secondary N) is 1. The van der Waals surface area contributed by atoms with Crippen LogP contribution >= 0.6 is 0 Å². The van der Waals surface area contributed by atoms with Gasteiger partial charge in [-0.1, -0.05) is 25.1 Å². The monoisotopic (exact) mass is 242 g/mol. The van der Waals surface area contributed by atoms with Crippen LogP contribution in [0, 0.1) is 0 Å². The van der Waals surface area contributed by atoms with Crippen LogP contribution < -0.4 is 10.1 Å². The average Bonchev–Trinajstić information content (AvgIpc) is 2.45. The smallest absolute Gasteiger partial charge is 0.142 e. The Hall–Kier alpha value is -2.03. The number of para-hydroxylation sites is 2. The number of anilines is 1. The number of hydrogen-bond acceptors (Lipinski definition) is 3. The van der Waals surface area contributed by atoms with Crippen molar-refractivity contribution in [1.82, 2.24) is 4.98 Å². The SMILES string of the molecule is CCCOc1ccccc1NCc1cccnc1. The van der Waals surface area contributed by atoms with Gasteiger partial charge in [0.15, 0.2) is 0 Å². The Morgan fingerprint density at radius 1 is 1.17 bits per heavy atom. The second-order valence-corrected chi connectivity index (χ2v) is 4.06. The van der Waals surface area contributed by atoms with E-state index in [1.54, 1.807) is 6.20 Å². The van der Waals surface area contributed by atoms with E-state index in [1.165, 1.54) is 0 Å². The Bertz CT molecular complexity index is 471. The highest BCUT2D eigenvalue weighted by Crippen LogP contribution is 2.24. The summed E-state index contributed by atoms with van der Waals surface area (Å²) in [5.74, 6) is 0.906. The molecule has 0 unspecified atom stereocenters. The molecule has 1 aromatic carbocycles. The lowest BCUT2D eigenvalue weighted by molar-refractivity contribution is 0.319. The van der Waals surface area contributed by atoms with E-state index in [4.69, 9.17) is 4.74 Å². The van der Waals surface area contributed by atoms with Gasteiger partial charge < -0.3 is 10.1 Å². The van der Waals surface area contributed by atoms with Gasteiger partial charge in [-0.3, -0.25) is 4.98 Å². The fourth-order valence-electron chi connectivity index (χ4n) is 1.65. The van der Waals surface area contributed by atoms with Crippen molar-refractivity contribution < 1.29 is 4.74 Å². The molecule has 3 heteroatoms. The summed E-state index contributed by atoms with van der Waals surface area (Å²) in [6, 6.07) is 12.0. The lowest BCUT2D eigenvalue weighted by Crippen LogP contribution is -2.03. The quantitative estimate of drug-likeness (QED) is 0.842. The minimum atomic E-state index is 0.742. The molecule has 94 valence electrons. The van der Waals surface area contributed by atoms with Gasteiger partial charge in [-0.05, 0) is 30.2 Å². The van der Waals surface area contributed by atoms with Gasteiger partial charge in [0.2, 0.25) is 0 Å². The second kappa shape index (κ2) is 6.64. The number of nitrogens with zero attached hydrogens (tertiary/aromatic N) is 1. The highest BCUT2D eigenvalue weighted by molar-refractivity contribution is 5.56. The van der Waals surface area contributed by atoms with Gasteiger partial charge in [-0.25, -0.2) is 0 Å². The molecule has 0 fully saturated rings. The van der Waals surface area contributed by atoms with Gasteiger partial charge in [0.05, 0.1) is 12.3 Å². The molecule has 0 saturated carbocycles. The number of pyridine rings is 1. The highest BCUT2D eigenvalue weighted by Gasteiger charge is 2.01. The first kappa shape index (κ1) is 12.4. The molecule has 0 spiro atoms. The topological polar surface area (TPSA) is 34.1 Å². The molecule has 2 rings (SSSR count). The molecular weight excluding hydrogens is 224 g/mol. The van der Waals surface area contributed by atoms with Crippen LogP contribution in [0.5, 0.6) is 5.75 Å². The molecule has 18 heavy (non-hydrogen) atoms. The summed E-state index contributed by atoms with van der Waals surface area (Å²) in [5.41, 5.74) is 2.18. The zero-order valence-electron chi connectivity index (χ0n) is 10.6. The third-order valence-electron chi connectivity index (χ3n) is 2.55. The molecule has 0 radical (unpaired) electrons. The number of aromatic nitrogens is 1. The van der Waals surface area contributed by atoms with Gasteiger partial charge in [-0.15, -0.1) is 0 Å². The van der Waals surface area contributed by atoms with Crippen molar-refractivity contribution >= 4 is 5.69 Å². The molecular formula is C15H18N2O. The fraction of sp³-hybridized carbons (Fsp3) is 0.267. The van der Waals surface area contributed by atoms with E-state index in [0.29, 0.717) is 0 Å². The first-order chi connectivity index (χ1) is 8.90. The summed E-state index contributed by atoms with van der Waals surface area (Å²) in [5, 5.41) is 3.37. The van der Waals surface area contributed by atoms with Crippen molar-refractivity contribution in [2.45, 2.75) is 19.9 Å². The van der Waals surface area contributed by atoms with Crippen molar-refractivity contribution in [2.75, 3.05) is 11.9 Å².